The van der Waals surface area contributed by atoms with Crippen molar-refractivity contribution in [2.45, 2.75) is 24.7 Å². The molecular formula is C14H16N6OS. The summed E-state index contributed by atoms with van der Waals surface area (Å²) in [6.07, 6.45) is 3.00. The molecule has 7 nitrogen and oxygen atoms in total. The first-order valence-corrected chi connectivity index (χ1v) is 7.84. The lowest BCUT2D eigenvalue weighted by Gasteiger charge is -2.10. The lowest BCUT2D eigenvalue weighted by molar-refractivity contribution is 0.173. The van der Waals surface area contributed by atoms with E-state index in [4.69, 9.17) is 0 Å². The average Bonchev–Trinajstić information content (AvgIpc) is 3.16. The van der Waals surface area contributed by atoms with E-state index in [1.165, 1.54) is 11.8 Å². The first kappa shape index (κ1) is 14.7. The third-order valence-corrected chi connectivity index (χ3v) is 4.11. The Hall–Kier alpha value is -2.19. The fraction of sp³-hybridized carbons (Fsp3) is 0.286. The Labute approximate surface area is 132 Å². The van der Waals surface area contributed by atoms with Crippen molar-refractivity contribution < 1.29 is 5.11 Å². The van der Waals surface area contributed by atoms with Crippen LogP contribution in [0.1, 0.15) is 5.56 Å². The lowest BCUT2D eigenvalue weighted by Crippen LogP contribution is -2.19. The van der Waals surface area contributed by atoms with Gasteiger partial charge in [-0.1, -0.05) is 23.9 Å². The van der Waals surface area contributed by atoms with E-state index in [0.29, 0.717) is 17.5 Å². The third-order valence-electron chi connectivity index (χ3n) is 3.05. The van der Waals surface area contributed by atoms with Gasteiger partial charge < -0.3 is 5.11 Å². The molecule has 0 spiro atoms. The molecule has 0 bridgehead atoms. The van der Waals surface area contributed by atoms with Gasteiger partial charge in [-0.25, -0.2) is 0 Å². The molecule has 1 aromatic carbocycles. The molecule has 0 aliphatic heterocycles. The standard InChI is InChI=1S/C14H16N6OS/c1-11-4-2-5-12(8-11)20-14(16-17-18-20)22-10-13(21)9-19-7-3-6-15-19/h2-8,13,21H,9-10H2,1H3/t13-/m0/s1. The minimum atomic E-state index is -0.521. The fourth-order valence-electron chi connectivity index (χ4n) is 2.04. The summed E-state index contributed by atoms with van der Waals surface area (Å²) in [6, 6.07) is 9.79. The molecular weight excluding hydrogens is 300 g/mol. The predicted octanol–water partition coefficient (Wildman–Crippen LogP) is 1.32. The van der Waals surface area contributed by atoms with Crippen LogP contribution in [0.5, 0.6) is 0 Å². The average molecular weight is 316 g/mol. The number of benzene rings is 1. The number of aromatic nitrogens is 6. The normalized spacial score (nSPS) is 12.5. The highest BCUT2D eigenvalue weighted by Crippen LogP contribution is 2.19. The molecule has 2 heterocycles. The van der Waals surface area contributed by atoms with E-state index in [0.717, 1.165) is 11.3 Å². The van der Waals surface area contributed by atoms with Gasteiger partial charge in [0.2, 0.25) is 5.16 Å². The Bertz CT molecular complexity index is 727. The van der Waals surface area contributed by atoms with E-state index in [2.05, 4.69) is 20.6 Å². The van der Waals surface area contributed by atoms with Gasteiger partial charge in [-0.3, -0.25) is 4.68 Å². The Morgan fingerprint density at radius 1 is 1.32 bits per heavy atom. The van der Waals surface area contributed by atoms with E-state index in [1.54, 1.807) is 15.6 Å². The van der Waals surface area contributed by atoms with Gasteiger partial charge in [0.1, 0.15) is 0 Å². The summed E-state index contributed by atoms with van der Waals surface area (Å²) in [4.78, 5) is 0. The van der Waals surface area contributed by atoms with Crippen LogP contribution in [0.2, 0.25) is 0 Å². The smallest absolute Gasteiger partial charge is 0.214 e. The summed E-state index contributed by atoms with van der Waals surface area (Å²) in [5.74, 6) is 0.492. The number of hydrogen-bond acceptors (Lipinski definition) is 6. The number of nitrogens with zero attached hydrogens (tertiary/aromatic N) is 6. The lowest BCUT2D eigenvalue weighted by atomic mass is 10.2. The zero-order valence-corrected chi connectivity index (χ0v) is 12.9. The number of aliphatic hydroxyl groups excluding tert-OH is 1. The van der Waals surface area contributed by atoms with Crippen LogP contribution in [0, 0.1) is 6.92 Å². The van der Waals surface area contributed by atoms with Gasteiger partial charge in [0.25, 0.3) is 0 Å². The topological polar surface area (TPSA) is 81.6 Å². The van der Waals surface area contributed by atoms with Crippen molar-refractivity contribution in [2.24, 2.45) is 0 Å². The van der Waals surface area contributed by atoms with Crippen molar-refractivity contribution in [1.82, 2.24) is 30.0 Å². The van der Waals surface area contributed by atoms with Crippen molar-refractivity contribution in [3.05, 3.63) is 48.3 Å². The highest BCUT2D eigenvalue weighted by Gasteiger charge is 2.12. The van der Waals surface area contributed by atoms with Crippen LogP contribution in [0.4, 0.5) is 0 Å². The number of thioether (sulfide) groups is 1. The minimum absolute atomic E-state index is 0.450. The summed E-state index contributed by atoms with van der Waals surface area (Å²) in [6.45, 7) is 2.47. The second kappa shape index (κ2) is 6.71. The molecule has 0 radical (unpaired) electrons. The molecule has 0 saturated carbocycles. The van der Waals surface area contributed by atoms with Gasteiger partial charge in [0.05, 0.1) is 18.3 Å². The van der Waals surface area contributed by atoms with E-state index >= 15 is 0 Å². The number of hydrogen-bond donors (Lipinski definition) is 1. The maximum absolute atomic E-state index is 10.1. The molecule has 3 rings (SSSR count). The third kappa shape index (κ3) is 3.52. The van der Waals surface area contributed by atoms with E-state index in [1.807, 2.05) is 43.5 Å². The molecule has 8 heteroatoms. The second-order valence-corrected chi connectivity index (χ2v) is 5.89. The zero-order valence-electron chi connectivity index (χ0n) is 12.1. The van der Waals surface area contributed by atoms with E-state index in [-0.39, 0.29) is 0 Å². The predicted molar refractivity (Wildman–Crippen MR) is 82.8 cm³/mol. The van der Waals surface area contributed by atoms with Crippen molar-refractivity contribution in [1.29, 1.82) is 0 Å². The van der Waals surface area contributed by atoms with Crippen LogP contribution in [0.25, 0.3) is 5.69 Å². The van der Waals surface area contributed by atoms with Crippen molar-refractivity contribution in [3.63, 3.8) is 0 Å². The largest absolute Gasteiger partial charge is 0.390 e. The molecule has 1 atom stereocenters. The second-order valence-electron chi connectivity index (χ2n) is 4.91. The van der Waals surface area contributed by atoms with Crippen LogP contribution in [0.15, 0.2) is 47.9 Å². The molecule has 0 fully saturated rings. The molecule has 0 unspecified atom stereocenters. The molecule has 0 saturated heterocycles. The SMILES string of the molecule is Cc1cccc(-n2nnnc2SC[C@@H](O)Cn2cccn2)c1. The van der Waals surface area contributed by atoms with Crippen LogP contribution in [0.3, 0.4) is 0 Å². The minimum Gasteiger partial charge on any atom is -0.390 e. The first-order valence-electron chi connectivity index (χ1n) is 6.86. The molecule has 3 aromatic rings. The number of tetrazole rings is 1. The highest BCUT2D eigenvalue weighted by atomic mass is 32.2. The van der Waals surface area contributed by atoms with Crippen LogP contribution in [-0.2, 0) is 6.54 Å². The maximum atomic E-state index is 10.1. The van der Waals surface area contributed by atoms with Crippen LogP contribution >= 0.6 is 11.8 Å². The molecule has 114 valence electrons. The first-order chi connectivity index (χ1) is 10.7. The van der Waals surface area contributed by atoms with Crippen molar-refractivity contribution in [3.8, 4) is 5.69 Å². The molecule has 2 aromatic heterocycles. The van der Waals surface area contributed by atoms with Crippen LogP contribution < -0.4 is 0 Å². The monoisotopic (exact) mass is 316 g/mol. The summed E-state index contributed by atoms with van der Waals surface area (Å²) in [7, 11) is 0. The number of rotatable bonds is 6. The fourth-order valence-corrected chi connectivity index (χ4v) is 2.84. The maximum Gasteiger partial charge on any atom is 0.214 e. The Kier molecular flexibility index (Phi) is 4.50. The van der Waals surface area contributed by atoms with Gasteiger partial charge in [-0.2, -0.15) is 9.78 Å². The van der Waals surface area contributed by atoms with Gasteiger partial charge in [0, 0.05) is 18.1 Å². The highest BCUT2D eigenvalue weighted by molar-refractivity contribution is 7.99. The molecule has 1 N–H and O–H groups in total. The van der Waals surface area contributed by atoms with Crippen molar-refractivity contribution in [2.75, 3.05) is 5.75 Å². The molecule has 0 amide bonds. The van der Waals surface area contributed by atoms with E-state index in [9.17, 15) is 5.11 Å². The van der Waals surface area contributed by atoms with E-state index < -0.39 is 6.10 Å². The van der Waals surface area contributed by atoms with Gasteiger partial charge in [0.15, 0.2) is 0 Å². The summed E-state index contributed by atoms with van der Waals surface area (Å²) >= 11 is 1.42. The zero-order chi connectivity index (χ0) is 15.4. The van der Waals surface area contributed by atoms with Crippen LogP contribution in [-0.4, -0.2) is 47.0 Å². The van der Waals surface area contributed by atoms with Gasteiger partial charge in [-0.05, 0) is 41.1 Å². The Morgan fingerprint density at radius 2 is 2.23 bits per heavy atom. The Morgan fingerprint density at radius 3 is 3.00 bits per heavy atom. The summed E-state index contributed by atoms with van der Waals surface area (Å²) in [5, 5.41) is 26.6. The summed E-state index contributed by atoms with van der Waals surface area (Å²) in [5.41, 5.74) is 2.05. The molecule has 0 aliphatic rings. The van der Waals surface area contributed by atoms with Gasteiger partial charge >= 0.3 is 0 Å². The summed E-state index contributed by atoms with van der Waals surface area (Å²) < 4.78 is 3.38. The number of aliphatic hydroxyl groups is 1. The molecule has 0 aliphatic carbocycles. The number of aryl methyl sites for hydroxylation is 1. The van der Waals surface area contributed by atoms with Crippen molar-refractivity contribution >= 4 is 11.8 Å². The quantitative estimate of drug-likeness (QED) is 0.691. The molecule has 22 heavy (non-hydrogen) atoms. The Balaban J connectivity index is 1.65. The van der Waals surface area contributed by atoms with Gasteiger partial charge in [-0.15, -0.1) is 5.10 Å².